The molecule has 5 heteroatoms. The van der Waals surface area contributed by atoms with E-state index in [1.54, 1.807) is 30.5 Å². The fourth-order valence-electron chi connectivity index (χ4n) is 1.60. The zero-order valence-electron chi connectivity index (χ0n) is 10.6. The Morgan fingerprint density at radius 2 is 1.75 bits per heavy atom. The fourth-order valence-corrected chi connectivity index (χ4v) is 1.60. The van der Waals surface area contributed by atoms with E-state index in [9.17, 15) is 10.1 Å². The van der Waals surface area contributed by atoms with E-state index in [1.807, 2.05) is 36.4 Å². The van der Waals surface area contributed by atoms with E-state index < -0.39 is 4.92 Å². The van der Waals surface area contributed by atoms with Gasteiger partial charge in [-0.3, -0.25) is 15.5 Å². The highest BCUT2D eigenvalue weighted by Crippen LogP contribution is 2.22. The summed E-state index contributed by atoms with van der Waals surface area (Å²) in [7, 11) is 0. The van der Waals surface area contributed by atoms with Crippen LogP contribution in [-0.4, -0.2) is 11.1 Å². The number of allylic oxidation sites excluding steroid dienone is 1. The maximum Gasteiger partial charge on any atom is 0.294 e. The molecule has 0 aliphatic heterocycles. The number of nitro benzene ring substituents is 1. The maximum absolute atomic E-state index is 10.8. The summed E-state index contributed by atoms with van der Waals surface area (Å²) in [5.41, 5.74) is 4.08. The summed E-state index contributed by atoms with van der Waals surface area (Å²) >= 11 is 0. The zero-order chi connectivity index (χ0) is 14.2. The summed E-state index contributed by atoms with van der Waals surface area (Å²) in [5, 5.41) is 14.7. The second-order valence-electron chi connectivity index (χ2n) is 3.93. The molecule has 0 spiro atoms. The lowest BCUT2D eigenvalue weighted by Gasteiger charge is -2.00. The largest absolute Gasteiger partial charge is 0.294 e. The highest BCUT2D eigenvalue weighted by atomic mass is 16.6. The summed E-state index contributed by atoms with van der Waals surface area (Å²) in [6.45, 7) is 0. The van der Waals surface area contributed by atoms with Crippen LogP contribution in [0, 0.1) is 10.1 Å². The van der Waals surface area contributed by atoms with E-state index in [2.05, 4.69) is 10.5 Å². The number of benzene rings is 2. The highest BCUT2D eigenvalue weighted by Gasteiger charge is 2.10. The second kappa shape index (κ2) is 6.84. The summed E-state index contributed by atoms with van der Waals surface area (Å²) in [4.78, 5) is 10.3. The molecule has 2 aromatic rings. The van der Waals surface area contributed by atoms with Crippen LogP contribution >= 0.6 is 0 Å². The summed E-state index contributed by atoms with van der Waals surface area (Å²) in [6, 6.07) is 16.1. The monoisotopic (exact) mass is 267 g/mol. The Labute approximate surface area is 116 Å². The van der Waals surface area contributed by atoms with Crippen molar-refractivity contribution < 1.29 is 4.92 Å². The van der Waals surface area contributed by atoms with E-state index >= 15 is 0 Å². The van der Waals surface area contributed by atoms with Crippen molar-refractivity contribution in [2.75, 3.05) is 5.43 Å². The van der Waals surface area contributed by atoms with Gasteiger partial charge in [0.15, 0.2) is 0 Å². The van der Waals surface area contributed by atoms with Gasteiger partial charge in [0, 0.05) is 12.3 Å². The average molecular weight is 267 g/mol. The van der Waals surface area contributed by atoms with Gasteiger partial charge in [-0.15, -0.1) is 0 Å². The number of rotatable bonds is 5. The van der Waals surface area contributed by atoms with Crippen LogP contribution in [0.5, 0.6) is 0 Å². The van der Waals surface area contributed by atoms with Crippen LogP contribution in [-0.2, 0) is 0 Å². The normalized spacial score (nSPS) is 11.0. The van der Waals surface area contributed by atoms with Gasteiger partial charge in [0.25, 0.3) is 5.69 Å². The average Bonchev–Trinajstić information content (AvgIpc) is 2.48. The number of para-hydroxylation sites is 2. The van der Waals surface area contributed by atoms with E-state index in [-0.39, 0.29) is 5.69 Å². The lowest BCUT2D eigenvalue weighted by Crippen LogP contribution is -1.95. The van der Waals surface area contributed by atoms with Crippen LogP contribution < -0.4 is 5.43 Å². The third-order valence-electron chi connectivity index (χ3n) is 2.53. The highest BCUT2D eigenvalue weighted by molar-refractivity contribution is 5.79. The number of hydrazone groups is 1. The number of hydrogen-bond donors (Lipinski definition) is 1. The van der Waals surface area contributed by atoms with Crippen molar-refractivity contribution in [1.82, 2.24) is 0 Å². The topological polar surface area (TPSA) is 67.5 Å². The molecule has 0 saturated heterocycles. The SMILES string of the molecule is O=[N+]([O-])c1ccccc1NN=CC=Cc1ccccc1. The van der Waals surface area contributed by atoms with Gasteiger partial charge in [-0.2, -0.15) is 5.10 Å². The van der Waals surface area contributed by atoms with Gasteiger partial charge in [0.05, 0.1) is 4.92 Å². The number of nitro groups is 1. The maximum atomic E-state index is 10.8. The predicted octanol–water partition coefficient (Wildman–Crippen LogP) is 3.71. The van der Waals surface area contributed by atoms with Crippen molar-refractivity contribution in [3.8, 4) is 0 Å². The Balaban J connectivity index is 1.97. The minimum Gasteiger partial charge on any atom is -0.272 e. The second-order valence-corrected chi connectivity index (χ2v) is 3.93. The van der Waals surface area contributed by atoms with Gasteiger partial charge < -0.3 is 0 Å². The smallest absolute Gasteiger partial charge is 0.272 e. The van der Waals surface area contributed by atoms with E-state index in [4.69, 9.17) is 0 Å². The molecule has 0 aliphatic carbocycles. The van der Waals surface area contributed by atoms with Crippen molar-refractivity contribution in [1.29, 1.82) is 0 Å². The van der Waals surface area contributed by atoms with Gasteiger partial charge in [-0.05, 0) is 17.7 Å². The first kappa shape index (κ1) is 13.5. The first-order valence-electron chi connectivity index (χ1n) is 6.01. The minimum atomic E-state index is -0.447. The fraction of sp³-hybridized carbons (Fsp3) is 0. The van der Waals surface area contributed by atoms with Crippen molar-refractivity contribution >= 4 is 23.7 Å². The lowest BCUT2D eigenvalue weighted by molar-refractivity contribution is -0.384. The Hall–Kier alpha value is -2.95. The van der Waals surface area contributed by atoms with Crippen molar-refractivity contribution in [2.45, 2.75) is 0 Å². The molecule has 20 heavy (non-hydrogen) atoms. The van der Waals surface area contributed by atoms with Crippen molar-refractivity contribution in [2.24, 2.45) is 5.10 Å². The van der Waals surface area contributed by atoms with Gasteiger partial charge in [0.2, 0.25) is 0 Å². The number of nitrogens with zero attached hydrogens (tertiary/aromatic N) is 2. The van der Waals surface area contributed by atoms with E-state index in [0.717, 1.165) is 5.56 Å². The third-order valence-corrected chi connectivity index (χ3v) is 2.53. The molecule has 0 atom stereocenters. The van der Waals surface area contributed by atoms with Crippen molar-refractivity contribution in [3.05, 3.63) is 76.4 Å². The Bertz CT molecular complexity index is 637. The van der Waals surface area contributed by atoms with Gasteiger partial charge in [-0.25, -0.2) is 0 Å². The molecule has 0 amide bonds. The molecule has 2 aromatic carbocycles. The van der Waals surface area contributed by atoms with Crippen LogP contribution in [0.4, 0.5) is 11.4 Å². The van der Waals surface area contributed by atoms with Crippen LogP contribution in [0.1, 0.15) is 5.56 Å². The Kier molecular flexibility index (Phi) is 4.61. The Morgan fingerprint density at radius 3 is 2.50 bits per heavy atom. The molecule has 1 N–H and O–H groups in total. The molecular formula is C15H13N3O2. The Morgan fingerprint density at radius 1 is 1.05 bits per heavy atom. The molecule has 0 fully saturated rings. The third kappa shape index (κ3) is 3.78. The molecular weight excluding hydrogens is 254 g/mol. The lowest BCUT2D eigenvalue weighted by atomic mass is 10.2. The molecule has 0 bridgehead atoms. The van der Waals surface area contributed by atoms with Gasteiger partial charge in [0.1, 0.15) is 5.69 Å². The first-order valence-corrected chi connectivity index (χ1v) is 6.01. The minimum absolute atomic E-state index is 0.00307. The molecule has 0 saturated carbocycles. The molecule has 0 radical (unpaired) electrons. The number of anilines is 1. The quantitative estimate of drug-likeness (QED) is 0.510. The van der Waals surface area contributed by atoms with E-state index in [1.165, 1.54) is 6.07 Å². The molecule has 100 valence electrons. The predicted molar refractivity (Wildman–Crippen MR) is 80.7 cm³/mol. The van der Waals surface area contributed by atoms with Crippen LogP contribution in [0.2, 0.25) is 0 Å². The summed E-state index contributed by atoms with van der Waals surface area (Å²) in [5.74, 6) is 0. The van der Waals surface area contributed by atoms with Crippen LogP contribution in [0.3, 0.4) is 0 Å². The summed E-state index contributed by atoms with van der Waals surface area (Å²) in [6.07, 6.45) is 5.20. The number of hydrogen-bond acceptors (Lipinski definition) is 4. The zero-order valence-corrected chi connectivity index (χ0v) is 10.6. The number of nitrogens with one attached hydrogen (secondary N) is 1. The molecule has 5 nitrogen and oxygen atoms in total. The molecule has 0 unspecified atom stereocenters. The standard InChI is InChI=1S/C15H13N3O2/c19-18(20)15-11-5-4-10-14(15)17-16-12-6-9-13-7-2-1-3-8-13/h1-12,17H. The molecule has 0 aromatic heterocycles. The summed E-state index contributed by atoms with van der Waals surface area (Å²) < 4.78 is 0. The van der Waals surface area contributed by atoms with Gasteiger partial charge >= 0.3 is 0 Å². The van der Waals surface area contributed by atoms with Crippen LogP contribution in [0.15, 0.2) is 65.8 Å². The molecule has 0 heterocycles. The molecule has 2 rings (SSSR count). The van der Waals surface area contributed by atoms with Gasteiger partial charge in [-0.1, -0.05) is 48.5 Å². The van der Waals surface area contributed by atoms with E-state index in [0.29, 0.717) is 5.69 Å². The molecule has 0 aliphatic rings. The van der Waals surface area contributed by atoms with Crippen molar-refractivity contribution in [3.63, 3.8) is 0 Å². The van der Waals surface area contributed by atoms with Crippen LogP contribution in [0.25, 0.3) is 6.08 Å². The first-order chi connectivity index (χ1) is 9.77.